The van der Waals surface area contributed by atoms with Gasteiger partial charge in [-0.1, -0.05) is 132 Å². The highest BCUT2D eigenvalue weighted by molar-refractivity contribution is 5.77. The molecule has 0 fully saturated rings. The van der Waals surface area contributed by atoms with Crippen LogP contribution in [0.2, 0.25) is 0 Å². The van der Waals surface area contributed by atoms with Gasteiger partial charge >= 0.3 is 24.1 Å². The van der Waals surface area contributed by atoms with E-state index in [-0.39, 0.29) is 101 Å². The van der Waals surface area contributed by atoms with Gasteiger partial charge in [0.05, 0.1) is 48.4 Å². The fourth-order valence-electron chi connectivity index (χ4n) is 13.9. The normalized spacial score (nSPS) is 16.9. The van der Waals surface area contributed by atoms with Gasteiger partial charge in [-0.25, -0.2) is 19.2 Å². The van der Waals surface area contributed by atoms with E-state index in [0.29, 0.717) is 120 Å². The predicted molar refractivity (Wildman–Crippen MR) is 356 cm³/mol. The van der Waals surface area contributed by atoms with Crippen LogP contribution in [0.25, 0.3) is 0 Å². The number of carbonyl (C=O) groups is 4. The van der Waals surface area contributed by atoms with Crippen LogP contribution < -0.4 is 80.4 Å². The summed E-state index contributed by atoms with van der Waals surface area (Å²) < 4.78 is 56.7. The first-order valence-electron chi connectivity index (χ1n) is 34.9. The van der Waals surface area contributed by atoms with Crippen LogP contribution in [0, 0.1) is 0 Å². The molecule has 0 saturated heterocycles. The van der Waals surface area contributed by atoms with Crippen LogP contribution in [-0.2, 0) is 26.2 Å². The van der Waals surface area contributed by atoms with Crippen LogP contribution in [0.1, 0.15) is 274 Å². The largest absolute Gasteiger partial charge is 0.457 e. The highest BCUT2D eigenvalue weighted by atomic mass is 16.7. The quantitative estimate of drug-likeness (QED) is 0.0213. The second-order valence-electron chi connectivity index (χ2n) is 25.0. The van der Waals surface area contributed by atoms with Crippen molar-refractivity contribution in [2.24, 2.45) is 0 Å². The van der Waals surface area contributed by atoms with Gasteiger partial charge in [-0.15, -0.1) is 0 Å². The van der Waals surface area contributed by atoms with Gasteiger partial charge in [0.25, 0.3) is 0 Å². The zero-order chi connectivity index (χ0) is 64.9. The topological polar surface area (TPSA) is 238 Å². The third kappa shape index (κ3) is 16.0. The van der Waals surface area contributed by atoms with Gasteiger partial charge in [0.1, 0.15) is 46.0 Å². The molecule has 0 atom stereocenters. The van der Waals surface area contributed by atoms with Crippen LogP contribution in [-0.4, -0.2) is 77.5 Å². The second-order valence-corrected chi connectivity index (χ2v) is 25.0. The monoisotopic (exact) mass is 1270 g/mol. The number of amides is 8. The number of nitrogens with one attached hydrogen (secondary N) is 8. The zero-order valence-electron chi connectivity index (χ0n) is 56.1. The standard InChI is InChI=1S/C72H104N8O12/c1-9-17-21-25-45-49-33-51-46(26-22-18-10-2)53-35-55-48(28-24-20-12-4)56-36-54-47(27-23-19-11-3)52-34-50(45)62-58(38-78-70(82)74-30-14-6)64(52)88-43-90-66(54)60(40-80-72(84)76-32-16-8)68(56)92-44-91-67(55)59(39-79-71(83)75-31-15-7)65(53)89-42-87-63(51)57(61(49)85-41-86-62)37-77-69(81)73-29-13-5/h33-36,45-48H,9-32,37-44H2,1-8H3,(H2,73,77,81)(H2,74,78,82)(H2,75,79,83)(H2,76,80,84). The van der Waals surface area contributed by atoms with E-state index in [1.807, 2.05) is 27.7 Å². The number of hydrogen-bond acceptors (Lipinski definition) is 12. The third-order valence-electron chi connectivity index (χ3n) is 18.4. The van der Waals surface area contributed by atoms with Gasteiger partial charge in [0.15, 0.2) is 0 Å². The van der Waals surface area contributed by atoms with E-state index < -0.39 is 0 Å². The molecule has 1 aliphatic carbocycles. The molecule has 4 aliphatic heterocycles. The first-order valence-corrected chi connectivity index (χ1v) is 34.9. The van der Waals surface area contributed by atoms with E-state index in [0.717, 1.165) is 147 Å². The molecule has 20 heteroatoms. The first-order chi connectivity index (χ1) is 45.0. The highest BCUT2D eigenvalue weighted by Gasteiger charge is 2.42. The summed E-state index contributed by atoms with van der Waals surface area (Å²) in [5, 5.41) is 25.0. The number of carbonyl (C=O) groups excluding carboxylic acids is 4. The minimum atomic E-state index is -0.375. The Bertz CT molecular complexity index is 2640. The summed E-state index contributed by atoms with van der Waals surface area (Å²) in [6.45, 7) is 18.2. The maximum absolute atomic E-state index is 13.9. The van der Waals surface area contributed by atoms with Crippen molar-refractivity contribution in [1.29, 1.82) is 0 Å². The molecule has 8 amide bonds. The number of unbranched alkanes of at least 4 members (excludes halogenated alkanes) is 8. The number of ether oxygens (including phenoxy) is 8. The maximum atomic E-state index is 13.9. The van der Waals surface area contributed by atoms with Crippen molar-refractivity contribution in [2.45, 2.75) is 234 Å². The molecule has 0 radical (unpaired) electrons. The molecule has 4 aromatic carbocycles. The number of hydrogen-bond donors (Lipinski definition) is 8. The van der Waals surface area contributed by atoms with E-state index in [2.05, 4.69) is 94.5 Å². The first kappa shape index (κ1) is 68.7. The number of benzene rings is 4. The summed E-state index contributed by atoms with van der Waals surface area (Å²) in [7, 11) is 0. The highest BCUT2D eigenvalue weighted by Crippen LogP contribution is 2.58. The van der Waals surface area contributed by atoms with Gasteiger partial charge in [-0.05, 0) is 75.6 Å². The van der Waals surface area contributed by atoms with Gasteiger partial charge in [0, 0.05) is 94.4 Å². The van der Waals surface area contributed by atoms with Crippen LogP contribution >= 0.6 is 0 Å². The Kier molecular flexibility index (Phi) is 25.6. The van der Waals surface area contributed by atoms with E-state index >= 15 is 0 Å². The molecule has 9 rings (SSSR count). The fourth-order valence-corrected chi connectivity index (χ4v) is 13.9. The summed E-state index contributed by atoms with van der Waals surface area (Å²) in [4.78, 5) is 55.5. The van der Waals surface area contributed by atoms with Gasteiger partial charge < -0.3 is 80.4 Å². The minimum Gasteiger partial charge on any atom is -0.457 e. The lowest BCUT2D eigenvalue weighted by Crippen LogP contribution is -2.36. The van der Waals surface area contributed by atoms with Crippen molar-refractivity contribution in [3.8, 4) is 46.0 Å². The molecule has 4 heterocycles. The Morgan fingerprint density at radius 1 is 0.283 bits per heavy atom. The van der Waals surface area contributed by atoms with Crippen LogP contribution in [0.4, 0.5) is 19.2 Å². The molecular formula is C72H104N8O12. The van der Waals surface area contributed by atoms with E-state index in [1.165, 1.54) is 0 Å². The van der Waals surface area contributed by atoms with Crippen LogP contribution in [0.15, 0.2) is 24.3 Å². The lowest BCUT2D eigenvalue weighted by molar-refractivity contribution is 0.0941. The predicted octanol–water partition coefficient (Wildman–Crippen LogP) is 14.6. The summed E-state index contributed by atoms with van der Waals surface area (Å²) in [6, 6.07) is 7.98. The van der Waals surface area contributed by atoms with E-state index in [9.17, 15) is 19.2 Å². The summed E-state index contributed by atoms with van der Waals surface area (Å²) in [5.74, 6) is 2.97. The van der Waals surface area contributed by atoms with E-state index in [1.54, 1.807) is 0 Å². The summed E-state index contributed by atoms with van der Waals surface area (Å²) >= 11 is 0. The average molecular weight is 1270 g/mol. The molecule has 8 bridgehead atoms. The molecule has 92 heavy (non-hydrogen) atoms. The second kappa shape index (κ2) is 34.3. The van der Waals surface area contributed by atoms with Gasteiger partial charge in [-0.3, -0.25) is 0 Å². The maximum Gasteiger partial charge on any atom is 0.315 e. The van der Waals surface area contributed by atoms with Crippen molar-refractivity contribution in [2.75, 3.05) is 53.4 Å². The van der Waals surface area contributed by atoms with Gasteiger partial charge in [-0.2, -0.15) is 0 Å². The Hall–Kier alpha value is -7.64. The molecule has 504 valence electrons. The van der Waals surface area contributed by atoms with Crippen molar-refractivity contribution in [3.63, 3.8) is 0 Å². The molecule has 8 N–H and O–H groups in total. The summed E-state index contributed by atoms with van der Waals surface area (Å²) in [5.41, 5.74) is 10.0. The SMILES string of the molecule is CCCCCC1c2cc3c4c(CNC(=O)NCCC)c2OCOc2c1cc1c(c2CNC(=O)NCCC)OCOc2c(cc5c(c2CNC(=O)NCCC)OCOc2c(cc(c(c2CNC(=O)NCCC)OCO4)C3CCCCC)C5CCCCC)C1CCCCC. The average Bonchev–Trinajstić information content (AvgIpc) is 0.729. The smallest absolute Gasteiger partial charge is 0.315 e. The Morgan fingerprint density at radius 3 is 0.630 bits per heavy atom. The van der Waals surface area contributed by atoms with Crippen molar-refractivity contribution >= 4 is 24.1 Å². The minimum absolute atomic E-state index is 0.0565. The zero-order valence-corrected chi connectivity index (χ0v) is 56.1. The van der Waals surface area contributed by atoms with Crippen LogP contribution in [0.5, 0.6) is 46.0 Å². The molecule has 0 saturated carbocycles. The lowest BCUT2D eigenvalue weighted by atomic mass is 9.74. The molecule has 0 spiro atoms. The van der Waals surface area contributed by atoms with Crippen molar-refractivity contribution < 1.29 is 57.1 Å². The van der Waals surface area contributed by atoms with Crippen LogP contribution in [0.3, 0.4) is 0 Å². The molecule has 4 aromatic rings. The molecular weight excluding hydrogens is 1170 g/mol. The fraction of sp³-hybridized carbons (Fsp3) is 0.611. The number of rotatable bonds is 32. The number of urea groups is 4. The molecule has 20 nitrogen and oxygen atoms in total. The Balaban J connectivity index is 1.48. The third-order valence-corrected chi connectivity index (χ3v) is 18.4. The molecule has 0 aromatic heterocycles. The summed E-state index contributed by atoms with van der Waals surface area (Å²) in [6.07, 6.45) is 17.0. The molecule has 5 aliphatic rings. The molecule has 0 unspecified atom stereocenters. The van der Waals surface area contributed by atoms with Gasteiger partial charge in [0.2, 0.25) is 27.2 Å². The Morgan fingerprint density at radius 2 is 0.467 bits per heavy atom. The van der Waals surface area contributed by atoms with E-state index in [4.69, 9.17) is 37.9 Å². The van der Waals surface area contributed by atoms with Crippen molar-refractivity contribution in [3.05, 3.63) is 91.0 Å². The Labute approximate surface area is 545 Å². The lowest BCUT2D eigenvalue weighted by Gasteiger charge is -2.38. The van der Waals surface area contributed by atoms with Crippen molar-refractivity contribution in [1.82, 2.24) is 42.5 Å².